The lowest BCUT2D eigenvalue weighted by atomic mass is 10.0. The smallest absolute Gasteiger partial charge is 0.142 e. The molecule has 0 saturated carbocycles. The van der Waals surface area contributed by atoms with Crippen molar-refractivity contribution in [2.45, 2.75) is 19.9 Å². The van der Waals surface area contributed by atoms with Crippen molar-refractivity contribution in [2.24, 2.45) is 0 Å². The van der Waals surface area contributed by atoms with Crippen LogP contribution in [0, 0.1) is 6.92 Å². The van der Waals surface area contributed by atoms with Gasteiger partial charge in [-0.2, -0.15) is 0 Å². The Morgan fingerprint density at radius 3 is 2.90 bits per heavy atom. The Hall–Kier alpha value is -1.87. The van der Waals surface area contributed by atoms with E-state index in [0.717, 1.165) is 22.7 Å². The molecule has 0 bridgehead atoms. The van der Waals surface area contributed by atoms with Crippen molar-refractivity contribution in [1.82, 2.24) is 0 Å². The van der Waals surface area contributed by atoms with Crippen molar-refractivity contribution >= 4 is 17.3 Å². The second-order valence-electron chi connectivity index (χ2n) is 5.13. The van der Waals surface area contributed by atoms with Crippen LogP contribution >= 0.6 is 11.6 Å². The lowest BCUT2D eigenvalue weighted by Gasteiger charge is -2.28. The van der Waals surface area contributed by atoms with Crippen molar-refractivity contribution in [3.05, 3.63) is 52.5 Å². The van der Waals surface area contributed by atoms with Crippen LogP contribution in [0.25, 0.3) is 0 Å². The van der Waals surface area contributed by atoms with Crippen molar-refractivity contribution < 1.29 is 9.47 Å². The Labute approximate surface area is 129 Å². The molecule has 0 radical (unpaired) electrons. The average Bonchev–Trinajstić information content (AvgIpc) is 2.48. The maximum atomic E-state index is 6.26. The molecule has 110 valence electrons. The predicted octanol–water partition coefficient (Wildman–Crippen LogP) is 4.59. The van der Waals surface area contributed by atoms with Crippen LogP contribution in [0.4, 0.5) is 5.69 Å². The first kappa shape index (κ1) is 14.1. The largest absolute Gasteiger partial charge is 0.492 e. The van der Waals surface area contributed by atoms with Gasteiger partial charge in [-0.3, -0.25) is 0 Å². The summed E-state index contributed by atoms with van der Waals surface area (Å²) in [5.41, 5.74) is 3.32. The van der Waals surface area contributed by atoms with Gasteiger partial charge in [0.2, 0.25) is 0 Å². The van der Waals surface area contributed by atoms with Crippen LogP contribution in [0.2, 0.25) is 5.02 Å². The van der Waals surface area contributed by atoms with E-state index in [1.54, 1.807) is 0 Å². The molecule has 3 nitrogen and oxygen atoms in total. The first-order valence-electron chi connectivity index (χ1n) is 7.09. The third-order valence-electron chi connectivity index (χ3n) is 3.53. The zero-order valence-corrected chi connectivity index (χ0v) is 12.9. The number of hydrogen-bond donors (Lipinski definition) is 1. The minimum Gasteiger partial charge on any atom is -0.492 e. The normalized spacial score (nSPS) is 16.6. The lowest BCUT2D eigenvalue weighted by Crippen LogP contribution is -2.24. The van der Waals surface area contributed by atoms with Gasteiger partial charge >= 0.3 is 0 Å². The Balaban J connectivity index is 1.84. The highest BCUT2D eigenvalue weighted by Crippen LogP contribution is 2.36. The van der Waals surface area contributed by atoms with Gasteiger partial charge < -0.3 is 14.8 Å². The SMILES string of the molecule is CCOc1ccc([C@H]2COc3ccc(C)cc3N2)cc1Cl. The molecule has 1 N–H and O–H groups in total. The predicted molar refractivity (Wildman–Crippen MR) is 85.7 cm³/mol. The van der Waals surface area contributed by atoms with E-state index in [0.29, 0.717) is 18.2 Å². The van der Waals surface area contributed by atoms with Gasteiger partial charge in [-0.25, -0.2) is 0 Å². The van der Waals surface area contributed by atoms with Crippen LogP contribution in [0.5, 0.6) is 11.5 Å². The Bertz CT molecular complexity index is 657. The third kappa shape index (κ3) is 2.93. The first-order chi connectivity index (χ1) is 10.2. The summed E-state index contributed by atoms with van der Waals surface area (Å²) in [7, 11) is 0. The molecule has 1 aliphatic heterocycles. The number of rotatable bonds is 3. The number of anilines is 1. The van der Waals surface area contributed by atoms with Crippen molar-refractivity contribution in [2.75, 3.05) is 18.5 Å². The Morgan fingerprint density at radius 1 is 1.29 bits per heavy atom. The molecule has 3 rings (SSSR count). The summed E-state index contributed by atoms with van der Waals surface area (Å²) in [4.78, 5) is 0. The van der Waals surface area contributed by atoms with Gasteiger partial charge in [-0.15, -0.1) is 0 Å². The molecule has 0 amide bonds. The van der Waals surface area contributed by atoms with Crippen molar-refractivity contribution in [1.29, 1.82) is 0 Å². The molecule has 0 aromatic heterocycles. The molecule has 0 fully saturated rings. The number of aryl methyl sites for hydroxylation is 1. The molecule has 0 unspecified atom stereocenters. The van der Waals surface area contributed by atoms with Crippen molar-refractivity contribution in [3.63, 3.8) is 0 Å². The summed E-state index contributed by atoms with van der Waals surface area (Å²) >= 11 is 6.26. The number of halogens is 1. The minimum absolute atomic E-state index is 0.0903. The van der Waals surface area contributed by atoms with Gasteiger partial charge in [0.1, 0.15) is 18.1 Å². The lowest BCUT2D eigenvalue weighted by molar-refractivity contribution is 0.286. The molecule has 2 aromatic carbocycles. The summed E-state index contributed by atoms with van der Waals surface area (Å²) in [6.07, 6.45) is 0. The highest BCUT2D eigenvalue weighted by Gasteiger charge is 2.21. The molecule has 0 spiro atoms. The first-order valence-corrected chi connectivity index (χ1v) is 7.47. The minimum atomic E-state index is 0.0903. The molecule has 4 heteroatoms. The van der Waals surface area contributed by atoms with Gasteiger partial charge in [-0.1, -0.05) is 23.7 Å². The molecule has 2 aromatic rings. The molecule has 21 heavy (non-hydrogen) atoms. The van der Waals surface area contributed by atoms with E-state index in [1.807, 2.05) is 31.2 Å². The Morgan fingerprint density at radius 2 is 2.14 bits per heavy atom. The zero-order valence-electron chi connectivity index (χ0n) is 12.2. The molecule has 1 atom stereocenters. The van der Waals surface area contributed by atoms with E-state index < -0.39 is 0 Å². The summed E-state index contributed by atoms with van der Waals surface area (Å²) in [5, 5.41) is 4.14. The van der Waals surface area contributed by atoms with Crippen molar-refractivity contribution in [3.8, 4) is 11.5 Å². The maximum absolute atomic E-state index is 6.26. The van der Waals surface area contributed by atoms with Crippen LogP contribution in [0.15, 0.2) is 36.4 Å². The molecular weight excluding hydrogens is 286 g/mol. The summed E-state index contributed by atoms with van der Waals surface area (Å²) in [6, 6.07) is 12.1. The molecule has 0 aliphatic carbocycles. The average molecular weight is 304 g/mol. The number of benzene rings is 2. The van der Waals surface area contributed by atoms with E-state index in [9.17, 15) is 0 Å². The molecule has 1 heterocycles. The summed E-state index contributed by atoms with van der Waals surface area (Å²) < 4.78 is 11.3. The van der Waals surface area contributed by atoms with E-state index in [1.165, 1.54) is 5.56 Å². The highest BCUT2D eigenvalue weighted by molar-refractivity contribution is 6.32. The fourth-order valence-corrected chi connectivity index (χ4v) is 2.71. The van der Waals surface area contributed by atoms with Gasteiger partial charge in [0.25, 0.3) is 0 Å². The van der Waals surface area contributed by atoms with Gasteiger partial charge in [-0.05, 0) is 49.2 Å². The van der Waals surface area contributed by atoms with Crippen LogP contribution in [0.3, 0.4) is 0 Å². The summed E-state index contributed by atoms with van der Waals surface area (Å²) in [6.45, 7) is 5.20. The van der Waals surface area contributed by atoms with Crippen LogP contribution in [0.1, 0.15) is 24.1 Å². The third-order valence-corrected chi connectivity index (χ3v) is 3.82. The monoisotopic (exact) mass is 303 g/mol. The standard InChI is InChI=1S/C17H18ClNO2/c1-3-20-16-7-5-12(9-13(16)18)15-10-21-17-6-4-11(2)8-14(17)19-15/h4-9,15,19H,3,10H2,1-2H3/t15-/m1/s1. The van der Waals surface area contributed by atoms with Crippen LogP contribution in [-0.2, 0) is 0 Å². The number of nitrogens with one attached hydrogen (secondary N) is 1. The van der Waals surface area contributed by atoms with E-state index in [4.69, 9.17) is 21.1 Å². The summed E-state index contributed by atoms with van der Waals surface area (Å²) in [5.74, 6) is 1.62. The maximum Gasteiger partial charge on any atom is 0.142 e. The molecular formula is C17H18ClNO2. The fraction of sp³-hybridized carbons (Fsp3) is 0.294. The van der Waals surface area contributed by atoms with Crippen LogP contribution < -0.4 is 14.8 Å². The highest BCUT2D eigenvalue weighted by atomic mass is 35.5. The molecule has 1 aliphatic rings. The second kappa shape index (κ2) is 5.86. The number of fused-ring (bicyclic) bond motifs is 1. The topological polar surface area (TPSA) is 30.5 Å². The second-order valence-corrected chi connectivity index (χ2v) is 5.54. The van der Waals surface area contributed by atoms with Gasteiger partial charge in [0.15, 0.2) is 0 Å². The van der Waals surface area contributed by atoms with Gasteiger partial charge in [0.05, 0.1) is 23.4 Å². The van der Waals surface area contributed by atoms with E-state index in [2.05, 4.69) is 24.4 Å². The Kier molecular flexibility index (Phi) is 3.93. The van der Waals surface area contributed by atoms with Crippen LogP contribution in [-0.4, -0.2) is 13.2 Å². The zero-order chi connectivity index (χ0) is 14.8. The molecule has 0 saturated heterocycles. The van der Waals surface area contributed by atoms with Gasteiger partial charge in [0, 0.05) is 0 Å². The fourth-order valence-electron chi connectivity index (χ4n) is 2.47. The number of hydrogen-bond acceptors (Lipinski definition) is 3. The van der Waals surface area contributed by atoms with E-state index >= 15 is 0 Å². The number of ether oxygens (including phenoxy) is 2. The quantitative estimate of drug-likeness (QED) is 0.899. The van der Waals surface area contributed by atoms with E-state index in [-0.39, 0.29) is 6.04 Å².